The molecule has 12 heteroatoms. The van der Waals surface area contributed by atoms with Crippen LogP contribution >= 0.6 is 23.2 Å². The lowest BCUT2D eigenvalue weighted by molar-refractivity contribution is -0.429. The van der Waals surface area contributed by atoms with Crippen LogP contribution in [-0.4, -0.2) is 61.0 Å². The molecule has 0 aromatic carbocycles. The molecular formula is C11H16Cl2F7NO2. The molecule has 23 heavy (non-hydrogen) atoms. The van der Waals surface area contributed by atoms with Crippen LogP contribution in [0.1, 0.15) is 13.3 Å². The molecule has 2 atom stereocenters. The zero-order valence-electron chi connectivity index (χ0n) is 12.6. The molecule has 0 spiro atoms. The van der Waals surface area contributed by atoms with Crippen molar-refractivity contribution in [1.82, 2.24) is 4.90 Å². The highest BCUT2D eigenvalue weighted by molar-refractivity contribution is 6.31. The fourth-order valence-corrected chi connectivity index (χ4v) is 1.55. The maximum absolute atomic E-state index is 14.1. The monoisotopic (exact) mass is 397 g/mol. The molecule has 3 nitrogen and oxygen atoms in total. The minimum Gasteiger partial charge on any atom is -0.372 e. The summed E-state index contributed by atoms with van der Waals surface area (Å²) in [6.45, 7) is 0.476. The van der Waals surface area contributed by atoms with Gasteiger partial charge >= 0.3 is 22.7 Å². The highest BCUT2D eigenvalue weighted by Crippen LogP contribution is 2.52. The van der Waals surface area contributed by atoms with Crippen LogP contribution in [0.15, 0.2) is 0 Å². The van der Waals surface area contributed by atoms with E-state index in [1.165, 1.54) is 19.0 Å². The van der Waals surface area contributed by atoms with E-state index in [0.29, 0.717) is 14.0 Å². The molecule has 2 unspecified atom stereocenters. The summed E-state index contributed by atoms with van der Waals surface area (Å²) in [6, 6.07) is 0. The predicted octanol–water partition coefficient (Wildman–Crippen LogP) is 4.28. The lowest BCUT2D eigenvalue weighted by Gasteiger charge is -2.41. The summed E-state index contributed by atoms with van der Waals surface area (Å²) in [5.41, 5.74) is -2.87. The Bertz CT molecular complexity index is 404. The summed E-state index contributed by atoms with van der Waals surface area (Å²) in [5, 5.41) is -10.2. The molecule has 0 bridgehead atoms. The van der Waals surface area contributed by atoms with Gasteiger partial charge in [-0.05, 0) is 50.6 Å². The quantitative estimate of drug-likeness (QED) is 0.428. The van der Waals surface area contributed by atoms with Crippen molar-refractivity contribution in [2.75, 3.05) is 27.7 Å². The Kier molecular flexibility index (Phi) is 7.06. The minimum atomic E-state index is -5.74. The second-order valence-corrected chi connectivity index (χ2v) is 6.16. The fraction of sp³-hybridized carbons (Fsp3) is 1.00. The summed E-state index contributed by atoms with van der Waals surface area (Å²) < 4.78 is 101. The van der Waals surface area contributed by atoms with Crippen molar-refractivity contribution < 1.29 is 40.2 Å². The molecule has 0 fully saturated rings. The summed E-state index contributed by atoms with van der Waals surface area (Å²) >= 11 is 8.54. The average molecular weight is 398 g/mol. The summed E-state index contributed by atoms with van der Waals surface area (Å²) in [6.07, 6.45) is -6.39. The third-order valence-electron chi connectivity index (χ3n) is 3.10. The number of methoxy groups -OCH3 is 1. The van der Waals surface area contributed by atoms with Gasteiger partial charge in [0.05, 0.1) is 0 Å². The van der Waals surface area contributed by atoms with Crippen molar-refractivity contribution in [3.8, 4) is 0 Å². The molecule has 140 valence electrons. The molecule has 0 aromatic rings. The Labute approximate surface area is 138 Å². The van der Waals surface area contributed by atoms with E-state index in [9.17, 15) is 30.7 Å². The van der Waals surface area contributed by atoms with Crippen LogP contribution in [-0.2, 0) is 9.47 Å². The summed E-state index contributed by atoms with van der Waals surface area (Å²) in [7, 11) is 3.66. The van der Waals surface area contributed by atoms with Gasteiger partial charge in [-0.3, -0.25) is 4.74 Å². The lowest BCUT2D eigenvalue weighted by Crippen LogP contribution is -2.62. The molecule has 0 heterocycles. The first-order chi connectivity index (χ1) is 9.93. The third-order valence-corrected chi connectivity index (χ3v) is 3.76. The number of alkyl halides is 9. The van der Waals surface area contributed by atoms with Gasteiger partial charge in [-0.2, -0.15) is 30.7 Å². The molecule has 0 aliphatic rings. The molecule has 0 aromatic heterocycles. The van der Waals surface area contributed by atoms with Gasteiger partial charge in [0.1, 0.15) is 5.60 Å². The van der Waals surface area contributed by atoms with Gasteiger partial charge in [-0.25, -0.2) is 0 Å². The molecular weight excluding hydrogens is 382 g/mol. The van der Waals surface area contributed by atoms with Crippen molar-refractivity contribution in [3.05, 3.63) is 0 Å². The van der Waals surface area contributed by atoms with Crippen LogP contribution in [0.4, 0.5) is 30.7 Å². The molecule has 0 N–H and O–H groups in total. The lowest BCUT2D eigenvalue weighted by atomic mass is 9.92. The SMILES string of the molecule is COC(C)(CCN(C)C)C(F)(F)C(F)(F)OC(F)(Cl)C(F)(F)Cl. The van der Waals surface area contributed by atoms with E-state index >= 15 is 0 Å². The van der Waals surface area contributed by atoms with Gasteiger partial charge in [0.15, 0.2) is 0 Å². The van der Waals surface area contributed by atoms with Crippen molar-refractivity contribution in [2.24, 2.45) is 0 Å². The van der Waals surface area contributed by atoms with E-state index < -0.39 is 34.7 Å². The van der Waals surface area contributed by atoms with Crippen LogP contribution in [0.2, 0.25) is 0 Å². The topological polar surface area (TPSA) is 21.7 Å². The van der Waals surface area contributed by atoms with Crippen LogP contribution in [0.3, 0.4) is 0 Å². The number of hydrogen-bond acceptors (Lipinski definition) is 3. The van der Waals surface area contributed by atoms with Crippen molar-refractivity contribution in [2.45, 2.75) is 41.7 Å². The van der Waals surface area contributed by atoms with Gasteiger partial charge < -0.3 is 9.64 Å². The van der Waals surface area contributed by atoms with Crippen molar-refractivity contribution >= 4 is 23.2 Å². The Morgan fingerprint density at radius 1 is 0.957 bits per heavy atom. The van der Waals surface area contributed by atoms with E-state index in [0.717, 1.165) is 0 Å². The van der Waals surface area contributed by atoms with Crippen LogP contribution in [0.25, 0.3) is 0 Å². The molecule has 0 rings (SSSR count). The largest absolute Gasteiger partial charge is 0.426 e. The van der Waals surface area contributed by atoms with Crippen LogP contribution < -0.4 is 0 Å². The second-order valence-electron chi connectivity index (χ2n) is 5.20. The standard InChI is InChI=1S/C11H16Cl2F7NO2/c1-7(22-4,5-6-21(2)3)8(14,15)11(19,20)23-10(13,18)9(12,16)17/h5-6H2,1-4H3. The Balaban J connectivity index is 5.58. The first kappa shape index (κ1) is 23.0. The highest BCUT2D eigenvalue weighted by Gasteiger charge is 2.73. The van der Waals surface area contributed by atoms with Gasteiger partial charge in [-0.15, -0.1) is 0 Å². The number of nitrogens with zero attached hydrogens (tertiary/aromatic N) is 1. The van der Waals surface area contributed by atoms with Crippen molar-refractivity contribution in [1.29, 1.82) is 0 Å². The number of hydrogen-bond donors (Lipinski definition) is 0. The van der Waals surface area contributed by atoms with Gasteiger partial charge in [0, 0.05) is 13.7 Å². The zero-order chi connectivity index (χ0) is 18.9. The molecule has 0 amide bonds. The Morgan fingerprint density at radius 2 is 1.39 bits per heavy atom. The van der Waals surface area contributed by atoms with Gasteiger partial charge in [0.25, 0.3) is 0 Å². The Morgan fingerprint density at radius 3 is 1.70 bits per heavy atom. The van der Waals surface area contributed by atoms with Crippen LogP contribution in [0.5, 0.6) is 0 Å². The molecule has 0 aliphatic heterocycles. The normalized spacial score (nSPS) is 19.6. The smallest absolute Gasteiger partial charge is 0.372 e. The maximum Gasteiger partial charge on any atom is 0.426 e. The first-order valence-corrected chi connectivity index (χ1v) is 6.79. The minimum absolute atomic E-state index is 0.122. The van der Waals surface area contributed by atoms with E-state index in [4.69, 9.17) is 0 Å². The molecule has 0 radical (unpaired) electrons. The zero-order valence-corrected chi connectivity index (χ0v) is 14.1. The fourth-order valence-electron chi connectivity index (χ4n) is 1.41. The molecule has 0 aliphatic carbocycles. The van der Waals surface area contributed by atoms with Crippen LogP contribution in [0, 0.1) is 0 Å². The third kappa shape index (κ3) is 4.97. The number of rotatable bonds is 9. The Hall–Kier alpha value is -0.0300. The molecule has 0 saturated heterocycles. The van der Waals surface area contributed by atoms with E-state index in [2.05, 4.69) is 32.7 Å². The number of halogens is 9. The number of ether oxygens (including phenoxy) is 2. The van der Waals surface area contributed by atoms with E-state index in [1.807, 2.05) is 0 Å². The first-order valence-electron chi connectivity index (χ1n) is 6.04. The summed E-state index contributed by atoms with van der Waals surface area (Å²) in [5.74, 6) is -5.21. The van der Waals surface area contributed by atoms with Gasteiger partial charge in [-0.1, -0.05) is 0 Å². The average Bonchev–Trinajstić information content (AvgIpc) is 2.32. The second kappa shape index (κ2) is 7.07. The predicted molar refractivity (Wildman–Crippen MR) is 70.1 cm³/mol. The van der Waals surface area contributed by atoms with E-state index in [-0.39, 0.29) is 6.54 Å². The van der Waals surface area contributed by atoms with E-state index in [1.54, 1.807) is 0 Å². The maximum atomic E-state index is 14.1. The summed E-state index contributed by atoms with van der Waals surface area (Å²) in [4.78, 5) is 1.39. The van der Waals surface area contributed by atoms with Gasteiger partial charge in [0.2, 0.25) is 0 Å². The highest BCUT2D eigenvalue weighted by atomic mass is 35.5. The molecule has 0 saturated carbocycles. The van der Waals surface area contributed by atoms with Crippen molar-refractivity contribution in [3.63, 3.8) is 0 Å².